The van der Waals surface area contributed by atoms with Gasteiger partial charge in [-0.2, -0.15) is 13.2 Å². The normalized spacial score (nSPS) is 20.1. The summed E-state index contributed by atoms with van der Waals surface area (Å²) in [7, 11) is 1.55. The second kappa shape index (κ2) is 6.37. The summed E-state index contributed by atoms with van der Waals surface area (Å²) in [4.78, 5) is 9.55. The van der Waals surface area contributed by atoms with Crippen LogP contribution in [0.4, 0.5) is 18.9 Å². The summed E-state index contributed by atoms with van der Waals surface area (Å²) in [6.07, 6.45) is 1.25. The van der Waals surface area contributed by atoms with E-state index in [1.165, 1.54) is 12.3 Å². The van der Waals surface area contributed by atoms with Crippen LogP contribution in [0, 0.1) is 11.3 Å². The molecule has 5 nitrogen and oxygen atoms in total. The van der Waals surface area contributed by atoms with Gasteiger partial charge in [-0.05, 0) is 37.0 Å². The zero-order valence-corrected chi connectivity index (χ0v) is 14.8. The number of methoxy groups -OCH3 is 1. The van der Waals surface area contributed by atoms with E-state index in [4.69, 9.17) is 4.74 Å². The molecule has 0 aromatic carbocycles. The molecule has 1 atom stereocenters. The average Bonchev–Trinajstić information content (AvgIpc) is 2.58. The highest BCUT2D eigenvalue weighted by atomic mass is 19.4. The molecule has 0 radical (unpaired) electrons. The monoisotopic (exact) mass is 379 g/mol. The van der Waals surface area contributed by atoms with Crippen LogP contribution in [0.25, 0.3) is 0 Å². The van der Waals surface area contributed by atoms with E-state index in [2.05, 4.69) is 9.97 Å². The fourth-order valence-electron chi connectivity index (χ4n) is 4.28. The van der Waals surface area contributed by atoms with Crippen LogP contribution in [0.3, 0.4) is 0 Å². The van der Waals surface area contributed by atoms with E-state index in [0.717, 1.165) is 37.6 Å². The van der Waals surface area contributed by atoms with Crippen molar-refractivity contribution < 1.29 is 23.0 Å². The van der Waals surface area contributed by atoms with Gasteiger partial charge in [0, 0.05) is 30.3 Å². The Labute approximate surface area is 154 Å². The Balaban J connectivity index is 1.34. The highest BCUT2D eigenvalue weighted by Gasteiger charge is 2.54. The van der Waals surface area contributed by atoms with E-state index < -0.39 is 18.0 Å². The van der Waals surface area contributed by atoms with E-state index in [9.17, 15) is 18.3 Å². The van der Waals surface area contributed by atoms with E-state index in [1.807, 2.05) is 4.90 Å². The maximum absolute atomic E-state index is 12.6. The molecule has 1 aliphatic heterocycles. The maximum Gasteiger partial charge on any atom is 0.433 e. The molecule has 1 saturated heterocycles. The summed E-state index contributed by atoms with van der Waals surface area (Å²) in [5, 5.41) is 10.7. The maximum atomic E-state index is 12.6. The van der Waals surface area contributed by atoms with Crippen molar-refractivity contribution in [2.45, 2.75) is 25.1 Å². The Kier molecular flexibility index (Phi) is 4.25. The van der Waals surface area contributed by atoms with Crippen molar-refractivity contribution in [2.24, 2.45) is 11.3 Å². The third kappa shape index (κ3) is 3.22. The molecule has 144 valence electrons. The molecule has 0 bridgehead atoms. The van der Waals surface area contributed by atoms with Crippen molar-refractivity contribution in [2.75, 3.05) is 25.1 Å². The van der Waals surface area contributed by atoms with Crippen molar-refractivity contribution in [1.82, 2.24) is 9.97 Å². The molecule has 0 amide bonds. The number of pyridine rings is 2. The van der Waals surface area contributed by atoms with E-state index in [0.29, 0.717) is 11.4 Å². The third-order valence-electron chi connectivity index (χ3n) is 5.65. The molecule has 2 aliphatic rings. The summed E-state index contributed by atoms with van der Waals surface area (Å²) < 4.78 is 43.1. The van der Waals surface area contributed by atoms with Gasteiger partial charge in [-0.15, -0.1) is 0 Å². The molecule has 1 N–H and O–H groups in total. The Morgan fingerprint density at radius 2 is 1.96 bits per heavy atom. The van der Waals surface area contributed by atoms with Crippen LogP contribution in [-0.2, 0) is 6.18 Å². The lowest BCUT2D eigenvalue weighted by atomic mass is 9.55. The number of anilines is 1. The molecule has 1 aliphatic carbocycles. The van der Waals surface area contributed by atoms with Gasteiger partial charge in [0.2, 0.25) is 0 Å². The molecule has 2 aromatic heterocycles. The second-order valence-corrected chi connectivity index (χ2v) is 7.49. The van der Waals surface area contributed by atoms with Crippen molar-refractivity contribution >= 4 is 5.69 Å². The molecule has 1 saturated carbocycles. The van der Waals surface area contributed by atoms with Crippen molar-refractivity contribution in [3.05, 3.63) is 48.0 Å². The Morgan fingerprint density at radius 3 is 2.56 bits per heavy atom. The molecule has 27 heavy (non-hydrogen) atoms. The van der Waals surface area contributed by atoms with Crippen LogP contribution in [0.5, 0.6) is 5.75 Å². The fraction of sp³-hybridized carbons (Fsp3) is 0.474. The summed E-state index contributed by atoms with van der Waals surface area (Å²) in [5.41, 5.74) is 0.706. The lowest BCUT2D eigenvalue weighted by molar-refractivity contribution is -0.141. The number of hydrogen-bond acceptors (Lipinski definition) is 5. The molecule has 2 fully saturated rings. The predicted octanol–water partition coefficient (Wildman–Crippen LogP) is 3.45. The molecule has 4 rings (SSSR count). The molecule has 3 heterocycles. The number of rotatable bonds is 4. The summed E-state index contributed by atoms with van der Waals surface area (Å²) >= 11 is 0. The van der Waals surface area contributed by atoms with Gasteiger partial charge in [0.25, 0.3) is 0 Å². The fourth-order valence-corrected chi connectivity index (χ4v) is 4.28. The number of hydrogen-bond donors (Lipinski definition) is 1. The summed E-state index contributed by atoms with van der Waals surface area (Å²) in [5.74, 6) is 0.728. The number of aliphatic hydroxyl groups excluding tert-OH is 1. The first-order valence-corrected chi connectivity index (χ1v) is 8.75. The van der Waals surface area contributed by atoms with Crippen LogP contribution in [0.1, 0.15) is 30.2 Å². The number of halogens is 3. The van der Waals surface area contributed by atoms with Crippen molar-refractivity contribution in [1.29, 1.82) is 0 Å². The van der Waals surface area contributed by atoms with Gasteiger partial charge in [0.05, 0.1) is 31.3 Å². The summed E-state index contributed by atoms with van der Waals surface area (Å²) in [6.45, 7) is 1.55. The van der Waals surface area contributed by atoms with Crippen LogP contribution in [0.15, 0.2) is 36.8 Å². The number of ether oxygens (including phenoxy) is 1. The van der Waals surface area contributed by atoms with E-state index in [-0.39, 0.29) is 11.3 Å². The van der Waals surface area contributed by atoms with Crippen LogP contribution < -0.4 is 9.64 Å². The van der Waals surface area contributed by atoms with Gasteiger partial charge in [-0.3, -0.25) is 4.98 Å². The first-order chi connectivity index (χ1) is 12.8. The SMILES string of the molecule is COc1cnccc1C(O)C1CC2(C1)CN(c1ccc(C(F)(F)F)nc1)C2. The number of nitrogens with zero attached hydrogens (tertiary/aromatic N) is 3. The zero-order valence-electron chi connectivity index (χ0n) is 14.8. The van der Waals surface area contributed by atoms with Gasteiger partial charge in [-0.1, -0.05) is 0 Å². The van der Waals surface area contributed by atoms with Crippen molar-refractivity contribution in [3.8, 4) is 5.75 Å². The molecular weight excluding hydrogens is 359 g/mol. The Morgan fingerprint density at radius 1 is 1.22 bits per heavy atom. The molecule has 1 unspecified atom stereocenters. The second-order valence-electron chi connectivity index (χ2n) is 7.49. The Bertz CT molecular complexity index is 812. The molecular formula is C19H20F3N3O2. The van der Waals surface area contributed by atoms with Gasteiger partial charge in [0.15, 0.2) is 0 Å². The first kappa shape index (κ1) is 18.0. The van der Waals surface area contributed by atoms with Gasteiger partial charge >= 0.3 is 6.18 Å². The van der Waals surface area contributed by atoms with Gasteiger partial charge < -0.3 is 14.7 Å². The first-order valence-electron chi connectivity index (χ1n) is 8.75. The molecule has 2 aromatic rings. The van der Waals surface area contributed by atoms with Crippen LogP contribution in [-0.4, -0.2) is 35.3 Å². The minimum Gasteiger partial charge on any atom is -0.495 e. The zero-order chi connectivity index (χ0) is 19.2. The number of aliphatic hydroxyl groups is 1. The topological polar surface area (TPSA) is 58.5 Å². The van der Waals surface area contributed by atoms with Gasteiger partial charge in [-0.25, -0.2) is 4.98 Å². The van der Waals surface area contributed by atoms with E-state index >= 15 is 0 Å². The lowest BCUT2D eigenvalue weighted by Crippen LogP contribution is -2.63. The minimum absolute atomic E-state index is 0.134. The average molecular weight is 379 g/mol. The molecule has 8 heteroatoms. The smallest absolute Gasteiger partial charge is 0.433 e. The van der Waals surface area contributed by atoms with Crippen LogP contribution in [0.2, 0.25) is 0 Å². The standard InChI is InChI=1S/C19H20F3N3O2/c1-27-15-9-23-5-4-14(15)17(26)12-6-18(7-12)10-25(11-18)13-2-3-16(24-8-13)19(20,21)22/h2-5,8-9,12,17,26H,6-7,10-11H2,1H3. The van der Waals surface area contributed by atoms with Crippen LogP contribution >= 0.6 is 0 Å². The number of alkyl halides is 3. The Hall–Kier alpha value is -2.35. The third-order valence-corrected chi connectivity index (χ3v) is 5.65. The quantitative estimate of drug-likeness (QED) is 0.882. The van der Waals surface area contributed by atoms with Gasteiger partial charge in [0.1, 0.15) is 11.4 Å². The number of aromatic nitrogens is 2. The largest absolute Gasteiger partial charge is 0.495 e. The minimum atomic E-state index is -4.42. The highest BCUT2D eigenvalue weighted by molar-refractivity contribution is 5.49. The predicted molar refractivity (Wildman–Crippen MR) is 92.4 cm³/mol. The summed E-state index contributed by atoms with van der Waals surface area (Å²) in [6, 6.07) is 4.26. The highest BCUT2D eigenvalue weighted by Crippen LogP contribution is 2.56. The van der Waals surface area contributed by atoms with Crippen molar-refractivity contribution in [3.63, 3.8) is 0 Å². The lowest BCUT2D eigenvalue weighted by Gasteiger charge is -2.60. The van der Waals surface area contributed by atoms with E-state index in [1.54, 1.807) is 25.6 Å². The molecule has 1 spiro atoms.